The maximum absolute atomic E-state index is 12.9. The average Bonchev–Trinajstić information content (AvgIpc) is 3.27. The maximum Gasteiger partial charge on any atom is 0.257 e. The Hall–Kier alpha value is -4.39. The number of hydrogen-bond donors (Lipinski definition) is 4. The summed E-state index contributed by atoms with van der Waals surface area (Å²) in [5.41, 5.74) is 5.42. The molecule has 35 heavy (non-hydrogen) atoms. The van der Waals surface area contributed by atoms with E-state index in [1.165, 1.54) is 23.4 Å². The number of aromatic amines is 1. The second kappa shape index (κ2) is 11.2. The van der Waals surface area contributed by atoms with E-state index in [1.807, 2.05) is 42.6 Å². The van der Waals surface area contributed by atoms with E-state index in [4.69, 9.17) is 0 Å². The van der Waals surface area contributed by atoms with Gasteiger partial charge in [-0.05, 0) is 66.4 Å². The van der Waals surface area contributed by atoms with E-state index in [9.17, 15) is 9.59 Å². The molecule has 7 nitrogen and oxygen atoms in total. The van der Waals surface area contributed by atoms with Gasteiger partial charge in [0.1, 0.15) is 0 Å². The van der Waals surface area contributed by atoms with Gasteiger partial charge in [-0.1, -0.05) is 37.3 Å². The standard InChI is InChI=1S/C28H29N5O2/c1-3-20-7-6-8-24(17-20)32-28(29-16-15-22-18-30-26-10-5-4-9-25(22)26)33-27(35)21-11-13-23(14-12-21)31-19(2)34/h4-14,17-18,30H,3,15-16H2,1-2H3,(H,31,34)(H2,29,32,33,35). The quantitative estimate of drug-likeness (QED) is 0.224. The number of aliphatic imine (C=N–C) groups is 1. The van der Waals surface area contributed by atoms with Crippen molar-refractivity contribution in [3.8, 4) is 0 Å². The van der Waals surface area contributed by atoms with Gasteiger partial charge >= 0.3 is 0 Å². The number of hydrogen-bond acceptors (Lipinski definition) is 3. The molecule has 0 radical (unpaired) electrons. The smallest absolute Gasteiger partial charge is 0.257 e. The van der Waals surface area contributed by atoms with E-state index in [0.717, 1.165) is 24.0 Å². The lowest BCUT2D eigenvalue weighted by Gasteiger charge is -2.13. The Labute approximate surface area is 204 Å². The van der Waals surface area contributed by atoms with Crippen LogP contribution in [-0.4, -0.2) is 29.3 Å². The summed E-state index contributed by atoms with van der Waals surface area (Å²) < 4.78 is 0. The van der Waals surface area contributed by atoms with Crippen LogP contribution in [0.2, 0.25) is 0 Å². The van der Waals surface area contributed by atoms with Crippen molar-refractivity contribution in [1.82, 2.24) is 10.3 Å². The van der Waals surface area contributed by atoms with Crippen LogP contribution in [0.3, 0.4) is 0 Å². The van der Waals surface area contributed by atoms with Gasteiger partial charge in [0.05, 0.1) is 0 Å². The van der Waals surface area contributed by atoms with Gasteiger partial charge < -0.3 is 15.6 Å². The molecule has 0 atom stereocenters. The molecule has 7 heteroatoms. The summed E-state index contributed by atoms with van der Waals surface area (Å²) >= 11 is 0. The van der Waals surface area contributed by atoms with Crippen molar-refractivity contribution in [2.24, 2.45) is 4.99 Å². The normalized spacial score (nSPS) is 11.3. The van der Waals surface area contributed by atoms with Crippen LogP contribution in [0.5, 0.6) is 0 Å². The predicted octanol–water partition coefficient (Wildman–Crippen LogP) is 5.13. The largest absolute Gasteiger partial charge is 0.361 e. The van der Waals surface area contributed by atoms with Crippen molar-refractivity contribution in [1.29, 1.82) is 0 Å². The van der Waals surface area contributed by atoms with Crippen molar-refractivity contribution < 1.29 is 9.59 Å². The third-order valence-electron chi connectivity index (χ3n) is 5.62. The fraction of sp³-hybridized carbons (Fsp3) is 0.179. The molecule has 0 spiro atoms. The molecule has 0 aliphatic heterocycles. The van der Waals surface area contributed by atoms with Crippen LogP contribution in [0.4, 0.5) is 11.4 Å². The van der Waals surface area contributed by atoms with Gasteiger partial charge in [0, 0.05) is 47.5 Å². The lowest BCUT2D eigenvalue weighted by atomic mass is 10.1. The van der Waals surface area contributed by atoms with Gasteiger partial charge in [0.15, 0.2) is 0 Å². The van der Waals surface area contributed by atoms with Gasteiger partial charge in [0.2, 0.25) is 11.9 Å². The number of aromatic nitrogens is 1. The number of guanidine groups is 1. The lowest BCUT2D eigenvalue weighted by molar-refractivity contribution is -0.114. The van der Waals surface area contributed by atoms with E-state index in [0.29, 0.717) is 23.8 Å². The number of benzene rings is 3. The Morgan fingerprint density at radius 2 is 1.71 bits per heavy atom. The third kappa shape index (κ3) is 6.35. The van der Waals surface area contributed by atoms with Crippen LogP contribution in [0.15, 0.2) is 84.0 Å². The van der Waals surface area contributed by atoms with Crippen molar-refractivity contribution in [3.63, 3.8) is 0 Å². The minimum atomic E-state index is -0.288. The Morgan fingerprint density at radius 3 is 2.49 bits per heavy atom. The summed E-state index contributed by atoms with van der Waals surface area (Å²) in [6, 6.07) is 22.9. The summed E-state index contributed by atoms with van der Waals surface area (Å²) in [4.78, 5) is 32.2. The molecule has 0 saturated heterocycles. The lowest BCUT2D eigenvalue weighted by Crippen LogP contribution is -2.36. The summed E-state index contributed by atoms with van der Waals surface area (Å²) in [7, 11) is 0. The molecule has 4 N–H and O–H groups in total. The molecule has 4 aromatic rings. The first-order valence-corrected chi connectivity index (χ1v) is 11.7. The molecule has 1 heterocycles. The monoisotopic (exact) mass is 467 g/mol. The first-order chi connectivity index (χ1) is 17.0. The number of nitrogens with zero attached hydrogens (tertiary/aromatic N) is 1. The zero-order valence-electron chi connectivity index (χ0n) is 19.9. The van der Waals surface area contributed by atoms with E-state index in [1.54, 1.807) is 24.3 Å². The first kappa shape index (κ1) is 23.8. The van der Waals surface area contributed by atoms with E-state index in [-0.39, 0.29) is 11.8 Å². The van der Waals surface area contributed by atoms with Crippen molar-refractivity contribution in [2.45, 2.75) is 26.7 Å². The number of amides is 2. The predicted molar refractivity (Wildman–Crippen MR) is 142 cm³/mol. The Balaban J connectivity index is 1.50. The Morgan fingerprint density at radius 1 is 0.914 bits per heavy atom. The van der Waals surface area contributed by atoms with Gasteiger partial charge in [-0.2, -0.15) is 0 Å². The number of carbonyl (C=O) groups excluding carboxylic acids is 2. The van der Waals surface area contributed by atoms with Gasteiger partial charge in [-0.15, -0.1) is 0 Å². The second-order valence-electron chi connectivity index (χ2n) is 8.23. The van der Waals surface area contributed by atoms with Gasteiger partial charge in [0.25, 0.3) is 5.91 Å². The third-order valence-corrected chi connectivity index (χ3v) is 5.62. The SMILES string of the molecule is CCc1cccc(NC(=NCCc2c[nH]c3ccccc23)NC(=O)c2ccc(NC(C)=O)cc2)c1. The maximum atomic E-state index is 12.9. The van der Waals surface area contributed by atoms with Crippen LogP contribution in [-0.2, 0) is 17.6 Å². The van der Waals surface area contributed by atoms with E-state index in [2.05, 4.69) is 45.0 Å². The summed E-state index contributed by atoms with van der Waals surface area (Å²) in [6.45, 7) is 4.04. The highest BCUT2D eigenvalue weighted by molar-refractivity contribution is 6.10. The Kier molecular flexibility index (Phi) is 7.57. The zero-order chi connectivity index (χ0) is 24.6. The molecular formula is C28H29N5O2. The first-order valence-electron chi connectivity index (χ1n) is 11.7. The average molecular weight is 468 g/mol. The molecule has 0 saturated carbocycles. The number of fused-ring (bicyclic) bond motifs is 1. The molecule has 3 aromatic carbocycles. The highest BCUT2D eigenvalue weighted by atomic mass is 16.2. The molecule has 0 bridgehead atoms. The molecule has 1 aromatic heterocycles. The number of para-hydroxylation sites is 1. The number of aryl methyl sites for hydroxylation is 1. The molecule has 2 amide bonds. The molecule has 0 aliphatic rings. The summed E-state index contributed by atoms with van der Waals surface area (Å²) in [5.74, 6) is -0.0660. The fourth-order valence-corrected chi connectivity index (χ4v) is 3.83. The van der Waals surface area contributed by atoms with Gasteiger partial charge in [-0.25, -0.2) is 0 Å². The molecule has 0 fully saturated rings. The number of nitrogens with one attached hydrogen (secondary N) is 4. The fourth-order valence-electron chi connectivity index (χ4n) is 3.83. The highest BCUT2D eigenvalue weighted by Gasteiger charge is 2.11. The molecule has 178 valence electrons. The second-order valence-corrected chi connectivity index (χ2v) is 8.23. The zero-order valence-corrected chi connectivity index (χ0v) is 19.9. The molecular weight excluding hydrogens is 438 g/mol. The van der Waals surface area contributed by atoms with Crippen LogP contribution in [0, 0.1) is 0 Å². The van der Waals surface area contributed by atoms with Crippen molar-refractivity contribution >= 4 is 40.1 Å². The van der Waals surface area contributed by atoms with Gasteiger partial charge in [-0.3, -0.25) is 19.9 Å². The van der Waals surface area contributed by atoms with E-state index >= 15 is 0 Å². The minimum absolute atomic E-state index is 0.162. The highest BCUT2D eigenvalue weighted by Crippen LogP contribution is 2.18. The molecule has 0 unspecified atom stereocenters. The van der Waals surface area contributed by atoms with Crippen LogP contribution in [0.1, 0.15) is 35.3 Å². The number of rotatable bonds is 7. The summed E-state index contributed by atoms with van der Waals surface area (Å²) in [5, 5.41) is 10.0. The van der Waals surface area contributed by atoms with Crippen LogP contribution < -0.4 is 16.0 Å². The van der Waals surface area contributed by atoms with Crippen molar-refractivity contribution in [3.05, 3.63) is 95.7 Å². The number of carbonyl (C=O) groups is 2. The minimum Gasteiger partial charge on any atom is -0.361 e. The molecule has 4 rings (SSSR count). The number of H-pyrrole nitrogens is 1. The number of anilines is 2. The topological polar surface area (TPSA) is 98.4 Å². The van der Waals surface area contributed by atoms with Crippen LogP contribution in [0.25, 0.3) is 10.9 Å². The van der Waals surface area contributed by atoms with Crippen molar-refractivity contribution in [2.75, 3.05) is 17.2 Å². The Bertz CT molecular complexity index is 1360. The van der Waals surface area contributed by atoms with Crippen LogP contribution >= 0.6 is 0 Å². The molecule has 0 aliphatic carbocycles. The summed E-state index contributed by atoms with van der Waals surface area (Å²) in [6.07, 6.45) is 3.65. The van der Waals surface area contributed by atoms with E-state index < -0.39 is 0 Å².